The summed E-state index contributed by atoms with van der Waals surface area (Å²) in [5.74, 6) is 1.56. The molecule has 0 aliphatic heterocycles. The topological polar surface area (TPSA) is 38.5 Å². The lowest BCUT2D eigenvalue weighted by molar-refractivity contribution is 0.147. The van der Waals surface area contributed by atoms with Gasteiger partial charge in [0.25, 0.3) is 0 Å². The standard InChI is InChI=1S/C17H28N2O/c1-12(2)11-19(15-7-8-15)17(13(3)18)14-5-9-16(20-4)10-6-14/h5-6,9-10,12-13,15,17H,7-8,11,18H2,1-4H3. The number of nitrogens with two attached hydrogens (primary N) is 1. The summed E-state index contributed by atoms with van der Waals surface area (Å²) in [6, 6.07) is 9.52. The van der Waals surface area contributed by atoms with Crippen LogP contribution in [0.4, 0.5) is 0 Å². The van der Waals surface area contributed by atoms with Crippen molar-refractivity contribution in [1.82, 2.24) is 4.90 Å². The first-order chi connectivity index (χ1) is 9.52. The van der Waals surface area contributed by atoms with E-state index in [1.807, 2.05) is 12.1 Å². The van der Waals surface area contributed by atoms with E-state index in [1.165, 1.54) is 18.4 Å². The van der Waals surface area contributed by atoms with Gasteiger partial charge in [-0.05, 0) is 43.4 Å². The van der Waals surface area contributed by atoms with E-state index >= 15 is 0 Å². The Morgan fingerprint density at radius 3 is 2.20 bits per heavy atom. The third-order valence-corrected chi connectivity index (χ3v) is 3.90. The van der Waals surface area contributed by atoms with E-state index in [2.05, 4.69) is 37.8 Å². The first-order valence-corrected chi connectivity index (χ1v) is 7.68. The summed E-state index contributed by atoms with van der Waals surface area (Å²) in [7, 11) is 1.70. The van der Waals surface area contributed by atoms with Gasteiger partial charge in [-0.3, -0.25) is 4.90 Å². The van der Waals surface area contributed by atoms with Crippen LogP contribution in [0.2, 0.25) is 0 Å². The van der Waals surface area contributed by atoms with E-state index < -0.39 is 0 Å². The van der Waals surface area contributed by atoms with Gasteiger partial charge in [-0.1, -0.05) is 26.0 Å². The number of rotatable bonds is 7. The van der Waals surface area contributed by atoms with E-state index in [-0.39, 0.29) is 6.04 Å². The van der Waals surface area contributed by atoms with E-state index in [9.17, 15) is 0 Å². The lowest BCUT2D eigenvalue weighted by Gasteiger charge is -2.36. The first-order valence-electron chi connectivity index (χ1n) is 7.68. The maximum atomic E-state index is 6.31. The molecule has 1 aromatic rings. The molecule has 3 nitrogen and oxygen atoms in total. The minimum atomic E-state index is 0.128. The van der Waals surface area contributed by atoms with Crippen LogP contribution in [0.1, 0.15) is 45.2 Å². The SMILES string of the molecule is COc1ccc(C(C(C)N)N(CC(C)C)C2CC2)cc1. The Morgan fingerprint density at radius 2 is 1.80 bits per heavy atom. The maximum Gasteiger partial charge on any atom is 0.118 e. The van der Waals surface area contributed by atoms with Crippen LogP contribution in [0, 0.1) is 5.92 Å². The third-order valence-electron chi connectivity index (χ3n) is 3.90. The van der Waals surface area contributed by atoms with Gasteiger partial charge in [-0.2, -0.15) is 0 Å². The number of methoxy groups -OCH3 is 1. The van der Waals surface area contributed by atoms with Crippen LogP contribution in [-0.2, 0) is 0 Å². The smallest absolute Gasteiger partial charge is 0.118 e. The van der Waals surface area contributed by atoms with Crippen molar-refractivity contribution in [2.24, 2.45) is 11.7 Å². The molecule has 0 heterocycles. The highest BCUT2D eigenvalue weighted by atomic mass is 16.5. The van der Waals surface area contributed by atoms with Gasteiger partial charge < -0.3 is 10.5 Å². The number of hydrogen-bond acceptors (Lipinski definition) is 3. The van der Waals surface area contributed by atoms with E-state index in [1.54, 1.807) is 7.11 Å². The van der Waals surface area contributed by atoms with Crippen LogP contribution in [-0.4, -0.2) is 30.6 Å². The molecule has 2 atom stereocenters. The molecule has 0 aromatic heterocycles. The molecule has 1 aromatic carbocycles. The summed E-state index contributed by atoms with van der Waals surface area (Å²) in [5, 5.41) is 0. The molecule has 2 unspecified atom stereocenters. The van der Waals surface area contributed by atoms with Gasteiger partial charge in [-0.25, -0.2) is 0 Å². The fourth-order valence-electron chi connectivity index (χ4n) is 2.92. The summed E-state index contributed by atoms with van der Waals surface area (Å²) in [6.45, 7) is 7.79. The summed E-state index contributed by atoms with van der Waals surface area (Å²) in [4.78, 5) is 2.61. The van der Waals surface area contributed by atoms with Crippen molar-refractivity contribution >= 4 is 0 Å². The molecule has 0 bridgehead atoms. The van der Waals surface area contributed by atoms with Gasteiger partial charge >= 0.3 is 0 Å². The van der Waals surface area contributed by atoms with Gasteiger partial charge in [-0.15, -0.1) is 0 Å². The zero-order valence-corrected chi connectivity index (χ0v) is 13.2. The Kier molecular flexibility index (Phi) is 5.06. The van der Waals surface area contributed by atoms with Crippen molar-refractivity contribution < 1.29 is 4.74 Å². The molecular formula is C17H28N2O. The van der Waals surface area contributed by atoms with Crippen LogP contribution < -0.4 is 10.5 Å². The molecule has 1 fully saturated rings. The lowest BCUT2D eigenvalue weighted by Crippen LogP contribution is -2.42. The zero-order valence-electron chi connectivity index (χ0n) is 13.2. The number of nitrogens with zero attached hydrogens (tertiary/aromatic N) is 1. The highest BCUT2D eigenvalue weighted by Crippen LogP contribution is 2.36. The summed E-state index contributed by atoms with van der Waals surface area (Å²) in [6.07, 6.45) is 2.62. The minimum Gasteiger partial charge on any atom is -0.497 e. The maximum absolute atomic E-state index is 6.31. The Balaban J connectivity index is 2.23. The number of benzene rings is 1. The van der Waals surface area contributed by atoms with Crippen molar-refractivity contribution in [2.45, 2.75) is 51.7 Å². The minimum absolute atomic E-state index is 0.128. The van der Waals surface area contributed by atoms with E-state index in [0.29, 0.717) is 12.0 Å². The summed E-state index contributed by atoms with van der Waals surface area (Å²) in [5.41, 5.74) is 7.61. The largest absolute Gasteiger partial charge is 0.497 e. The average Bonchev–Trinajstić information content (AvgIpc) is 3.22. The lowest BCUT2D eigenvalue weighted by atomic mass is 9.97. The highest BCUT2D eigenvalue weighted by molar-refractivity contribution is 5.30. The first kappa shape index (κ1) is 15.3. The fourth-order valence-corrected chi connectivity index (χ4v) is 2.92. The molecular weight excluding hydrogens is 248 g/mol. The number of ether oxygens (including phenoxy) is 1. The van der Waals surface area contributed by atoms with Crippen LogP contribution in [0.3, 0.4) is 0 Å². The second-order valence-electron chi connectivity index (χ2n) is 6.40. The van der Waals surface area contributed by atoms with Gasteiger partial charge in [0.05, 0.1) is 7.11 Å². The highest BCUT2D eigenvalue weighted by Gasteiger charge is 2.36. The van der Waals surface area contributed by atoms with Gasteiger partial charge in [0.1, 0.15) is 5.75 Å². The molecule has 20 heavy (non-hydrogen) atoms. The van der Waals surface area contributed by atoms with Crippen molar-refractivity contribution in [3.63, 3.8) is 0 Å². The molecule has 1 aliphatic rings. The Labute approximate surface area is 123 Å². The molecule has 0 radical (unpaired) electrons. The van der Waals surface area contributed by atoms with Crippen molar-refractivity contribution in [2.75, 3.05) is 13.7 Å². The molecule has 2 rings (SSSR count). The predicted octanol–water partition coefficient (Wildman–Crippen LogP) is 3.20. The third kappa shape index (κ3) is 3.74. The van der Waals surface area contributed by atoms with Crippen molar-refractivity contribution in [1.29, 1.82) is 0 Å². The van der Waals surface area contributed by atoms with E-state index in [0.717, 1.165) is 18.3 Å². The van der Waals surface area contributed by atoms with Crippen LogP contribution in [0.25, 0.3) is 0 Å². The molecule has 0 amide bonds. The second-order valence-corrected chi connectivity index (χ2v) is 6.40. The Morgan fingerprint density at radius 1 is 1.20 bits per heavy atom. The molecule has 3 heteroatoms. The van der Waals surface area contributed by atoms with Crippen LogP contribution in [0.15, 0.2) is 24.3 Å². The van der Waals surface area contributed by atoms with Crippen LogP contribution in [0.5, 0.6) is 5.75 Å². The monoisotopic (exact) mass is 276 g/mol. The average molecular weight is 276 g/mol. The van der Waals surface area contributed by atoms with E-state index in [4.69, 9.17) is 10.5 Å². The molecule has 0 saturated heterocycles. The molecule has 1 aliphatic carbocycles. The van der Waals surface area contributed by atoms with Crippen molar-refractivity contribution in [3.05, 3.63) is 29.8 Å². The van der Waals surface area contributed by atoms with Gasteiger partial charge in [0, 0.05) is 24.7 Å². The van der Waals surface area contributed by atoms with Gasteiger partial charge in [0.15, 0.2) is 0 Å². The zero-order chi connectivity index (χ0) is 14.7. The molecule has 0 spiro atoms. The van der Waals surface area contributed by atoms with Crippen molar-refractivity contribution in [3.8, 4) is 5.75 Å². The quantitative estimate of drug-likeness (QED) is 0.831. The Bertz CT molecular complexity index is 410. The fraction of sp³-hybridized carbons (Fsp3) is 0.647. The molecule has 112 valence electrons. The second kappa shape index (κ2) is 6.59. The van der Waals surface area contributed by atoms with Gasteiger partial charge in [0.2, 0.25) is 0 Å². The summed E-state index contributed by atoms with van der Waals surface area (Å²) < 4.78 is 5.25. The van der Waals surface area contributed by atoms with Crippen LogP contribution >= 0.6 is 0 Å². The molecule has 2 N–H and O–H groups in total. The summed E-state index contributed by atoms with van der Waals surface area (Å²) >= 11 is 0. The Hall–Kier alpha value is -1.06. The normalized spacial score (nSPS) is 18.4. The molecule has 1 saturated carbocycles. The predicted molar refractivity (Wildman–Crippen MR) is 84.0 cm³/mol. The number of hydrogen-bond donors (Lipinski definition) is 1.